The molecule has 0 spiro atoms. The molecule has 0 radical (unpaired) electrons. The normalized spacial score (nSPS) is 10.5. The van der Waals surface area contributed by atoms with Crippen molar-refractivity contribution < 1.29 is 0 Å². The molecule has 0 bridgehead atoms. The molecule has 1 aromatic carbocycles. The van der Waals surface area contributed by atoms with Crippen molar-refractivity contribution in [1.82, 2.24) is 0 Å². The molecule has 1 aromatic heterocycles. The molecule has 0 saturated carbocycles. The van der Waals surface area contributed by atoms with Crippen LogP contribution in [0.5, 0.6) is 0 Å². The third-order valence-corrected chi connectivity index (χ3v) is 4.13. The van der Waals surface area contributed by atoms with Gasteiger partial charge in [-0.05, 0) is 30.3 Å². The Balaban J connectivity index is 2.28. The van der Waals surface area contributed by atoms with Crippen LogP contribution in [0.4, 0.5) is 5.69 Å². The fourth-order valence-electron chi connectivity index (χ4n) is 1.81. The molecule has 0 aliphatic rings. The highest BCUT2D eigenvalue weighted by Gasteiger charge is 2.11. The summed E-state index contributed by atoms with van der Waals surface area (Å²) in [6.45, 7) is 0.708. The number of amidine groups is 1. The number of nitrogens with two attached hydrogens (primary N) is 1. The van der Waals surface area contributed by atoms with Crippen LogP contribution in [0, 0.1) is 5.41 Å². The summed E-state index contributed by atoms with van der Waals surface area (Å²) >= 11 is 13.4. The molecule has 100 valence electrons. The molecule has 2 rings (SSSR count). The van der Waals surface area contributed by atoms with E-state index in [4.69, 9.17) is 34.3 Å². The summed E-state index contributed by atoms with van der Waals surface area (Å²) in [7, 11) is 1.95. The van der Waals surface area contributed by atoms with Crippen LogP contribution in [0.2, 0.25) is 9.36 Å². The van der Waals surface area contributed by atoms with Crippen molar-refractivity contribution in [2.24, 2.45) is 5.73 Å². The number of thiophene rings is 1. The molecule has 19 heavy (non-hydrogen) atoms. The monoisotopic (exact) mass is 313 g/mol. The molecule has 3 N–H and O–H groups in total. The van der Waals surface area contributed by atoms with Crippen LogP contribution >= 0.6 is 34.5 Å². The molecule has 0 aliphatic carbocycles. The van der Waals surface area contributed by atoms with Crippen molar-refractivity contribution in [1.29, 1.82) is 5.41 Å². The standard InChI is InChI=1S/C13H13Cl2N3S/c1-18(7-9-3-5-12(15)19-9)11-4-2-8(14)6-10(11)13(16)17/h2-6H,7H2,1H3,(H3,16,17). The number of nitrogens with zero attached hydrogens (tertiary/aromatic N) is 1. The Labute approximate surface area is 126 Å². The van der Waals surface area contributed by atoms with E-state index < -0.39 is 0 Å². The van der Waals surface area contributed by atoms with Gasteiger partial charge in [-0.1, -0.05) is 23.2 Å². The highest BCUT2D eigenvalue weighted by atomic mass is 35.5. The molecule has 0 fully saturated rings. The third kappa shape index (κ3) is 3.41. The van der Waals surface area contributed by atoms with Gasteiger partial charge in [-0.15, -0.1) is 11.3 Å². The predicted molar refractivity (Wildman–Crippen MR) is 83.9 cm³/mol. The number of anilines is 1. The molecule has 3 nitrogen and oxygen atoms in total. The van der Waals surface area contributed by atoms with Gasteiger partial charge in [0.05, 0.1) is 10.9 Å². The minimum Gasteiger partial charge on any atom is -0.384 e. The zero-order valence-electron chi connectivity index (χ0n) is 10.3. The lowest BCUT2D eigenvalue weighted by molar-refractivity contribution is 0.938. The van der Waals surface area contributed by atoms with Crippen LogP contribution in [-0.4, -0.2) is 12.9 Å². The van der Waals surface area contributed by atoms with Gasteiger partial charge in [-0.3, -0.25) is 5.41 Å². The van der Waals surface area contributed by atoms with E-state index in [1.165, 1.54) is 0 Å². The number of benzene rings is 1. The van der Waals surface area contributed by atoms with Crippen molar-refractivity contribution in [3.05, 3.63) is 50.1 Å². The van der Waals surface area contributed by atoms with Gasteiger partial charge >= 0.3 is 0 Å². The van der Waals surface area contributed by atoms with Crippen molar-refractivity contribution >= 4 is 46.1 Å². The van der Waals surface area contributed by atoms with Gasteiger partial charge < -0.3 is 10.6 Å². The van der Waals surface area contributed by atoms with Gasteiger partial charge in [0.15, 0.2) is 0 Å². The number of nitrogens with one attached hydrogen (secondary N) is 1. The maximum absolute atomic E-state index is 7.62. The van der Waals surface area contributed by atoms with E-state index in [-0.39, 0.29) is 5.84 Å². The molecule has 1 heterocycles. The molecule has 0 amide bonds. The Kier molecular flexibility index (Phi) is 4.34. The number of hydrogen-bond acceptors (Lipinski definition) is 3. The SMILES string of the molecule is CN(Cc1ccc(Cl)s1)c1ccc(Cl)cc1C(=N)N. The van der Waals surface area contributed by atoms with Gasteiger partial charge in [0, 0.05) is 28.2 Å². The highest BCUT2D eigenvalue weighted by molar-refractivity contribution is 7.16. The van der Waals surface area contributed by atoms with E-state index in [1.807, 2.05) is 30.1 Å². The quantitative estimate of drug-likeness (QED) is 0.662. The first-order chi connectivity index (χ1) is 8.97. The molecule has 0 atom stereocenters. The summed E-state index contributed by atoms with van der Waals surface area (Å²) in [6.07, 6.45) is 0. The lowest BCUT2D eigenvalue weighted by atomic mass is 10.1. The minimum atomic E-state index is 0.00793. The lowest BCUT2D eigenvalue weighted by Gasteiger charge is -2.21. The van der Waals surface area contributed by atoms with E-state index in [0.717, 1.165) is 14.9 Å². The summed E-state index contributed by atoms with van der Waals surface area (Å²) in [6, 6.07) is 9.24. The molecule has 0 saturated heterocycles. The zero-order valence-corrected chi connectivity index (χ0v) is 12.6. The first-order valence-electron chi connectivity index (χ1n) is 5.56. The van der Waals surface area contributed by atoms with Crippen LogP contribution < -0.4 is 10.6 Å². The number of halogens is 2. The summed E-state index contributed by atoms with van der Waals surface area (Å²) in [5.74, 6) is 0.00793. The molecular weight excluding hydrogens is 301 g/mol. The minimum absolute atomic E-state index is 0.00793. The Bertz CT molecular complexity index is 610. The Morgan fingerprint density at radius 3 is 2.63 bits per heavy atom. The lowest BCUT2D eigenvalue weighted by Crippen LogP contribution is -2.21. The van der Waals surface area contributed by atoms with Gasteiger partial charge in [0.2, 0.25) is 0 Å². The summed E-state index contributed by atoms with van der Waals surface area (Å²) in [4.78, 5) is 3.17. The van der Waals surface area contributed by atoms with E-state index in [2.05, 4.69) is 0 Å². The summed E-state index contributed by atoms with van der Waals surface area (Å²) < 4.78 is 0.770. The van der Waals surface area contributed by atoms with Gasteiger partial charge in [0.1, 0.15) is 5.84 Å². The maximum Gasteiger partial charge on any atom is 0.124 e. The van der Waals surface area contributed by atoms with E-state index in [9.17, 15) is 0 Å². The molecular formula is C13H13Cl2N3S. The fourth-order valence-corrected chi connectivity index (χ4v) is 3.13. The average Bonchev–Trinajstić information content (AvgIpc) is 2.74. The first-order valence-corrected chi connectivity index (χ1v) is 7.14. The van der Waals surface area contributed by atoms with Crippen molar-refractivity contribution in [2.45, 2.75) is 6.54 Å². The summed E-state index contributed by atoms with van der Waals surface area (Å²) in [5, 5.41) is 8.19. The van der Waals surface area contributed by atoms with Gasteiger partial charge in [-0.2, -0.15) is 0 Å². The first kappa shape index (κ1) is 14.2. The zero-order chi connectivity index (χ0) is 14.0. The second-order valence-corrected chi connectivity index (χ2v) is 6.37. The van der Waals surface area contributed by atoms with Crippen LogP contribution in [-0.2, 0) is 6.54 Å². The van der Waals surface area contributed by atoms with Crippen molar-refractivity contribution in [2.75, 3.05) is 11.9 Å². The molecule has 2 aromatic rings. The smallest absolute Gasteiger partial charge is 0.124 e. The molecule has 0 unspecified atom stereocenters. The molecule has 0 aliphatic heterocycles. The van der Waals surface area contributed by atoms with Crippen LogP contribution in [0.3, 0.4) is 0 Å². The number of hydrogen-bond donors (Lipinski definition) is 2. The van der Waals surface area contributed by atoms with Crippen molar-refractivity contribution in [3.63, 3.8) is 0 Å². The van der Waals surface area contributed by atoms with Gasteiger partial charge in [-0.25, -0.2) is 0 Å². The van der Waals surface area contributed by atoms with Crippen LogP contribution in [0.15, 0.2) is 30.3 Å². The Morgan fingerprint density at radius 2 is 2.05 bits per heavy atom. The van der Waals surface area contributed by atoms with E-state index >= 15 is 0 Å². The fraction of sp³-hybridized carbons (Fsp3) is 0.154. The second kappa shape index (κ2) is 5.82. The largest absolute Gasteiger partial charge is 0.384 e. The average molecular weight is 314 g/mol. The maximum atomic E-state index is 7.62. The van der Waals surface area contributed by atoms with E-state index in [0.29, 0.717) is 17.1 Å². The highest BCUT2D eigenvalue weighted by Crippen LogP contribution is 2.27. The van der Waals surface area contributed by atoms with Gasteiger partial charge in [0.25, 0.3) is 0 Å². The third-order valence-electron chi connectivity index (χ3n) is 2.68. The Morgan fingerprint density at radius 1 is 1.32 bits per heavy atom. The number of nitrogen functional groups attached to an aromatic ring is 1. The van der Waals surface area contributed by atoms with E-state index in [1.54, 1.807) is 23.5 Å². The van der Waals surface area contributed by atoms with Crippen LogP contribution in [0.25, 0.3) is 0 Å². The topological polar surface area (TPSA) is 53.1 Å². The second-order valence-electron chi connectivity index (χ2n) is 4.14. The predicted octanol–water partition coefficient (Wildman–Crippen LogP) is 3.98. The Hall–Kier alpha value is -1.23. The summed E-state index contributed by atoms with van der Waals surface area (Å²) in [5.41, 5.74) is 7.11. The molecule has 6 heteroatoms. The van der Waals surface area contributed by atoms with Crippen LogP contribution in [0.1, 0.15) is 10.4 Å². The van der Waals surface area contributed by atoms with Crippen molar-refractivity contribution in [3.8, 4) is 0 Å². The number of rotatable bonds is 4.